The molecule has 108 valence electrons. The van der Waals surface area contributed by atoms with Gasteiger partial charge < -0.3 is 4.74 Å². The summed E-state index contributed by atoms with van der Waals surface area (Å²) in [5.74, 6) is 0.813. The first kappa shape index (κ1) is 13.4. The predicted molar refractivity (Wildman–Crippen MR) is 79.8 cm³/mol. The van der Waals surface area contributed by atoms with Gasteiger partial charge >= 0.3 is 0 Å². The summed E-state index contributed by atoms with van der Waals surface area (Å²) < 4.78 is 5.31. The standard InChI is InChI=1S/C15H17N5O/c1-21-15-8-5-10-16-14(15)9-11-19-12-20(18-17-19)13-6-3-2-4-7-13/h2-8,10H,9,11-12H2,1H3. The van der Waals surface area contributed by atoms with Crippen LogP contribution < -0.4 is 9.75 Å². The van der Waals surface area contributed by atoms with Crippen molar-refractivity contribution in [2.24, 2.45) is 10.4 Å². The summed E-state index contributed by atoms with van der Waals surface area (Å²) in [4.78, 5) is 4.35. The molecule has 2 aromatic rings. The lowest BCUT2D eigenvalue weighted by Gasteiger charge is -2.16. The molecule has 0 amide bonds. The van der Waals surface area contributed by atoms with Crippen LogP contribution in [0.15, 0.2) is 59.1 Å². The van der Waals surface area contributed by atoms with Gasteiger partial charge in [-0.2, -0.15) is 0 Å². The van der Waals surface area contributed by atoms with Crippen molar-refractivity contribution in [2.45, 2.75) is 6.42 Å². The minimum atomic E-state index is 0.652. The molecule has 0 fully saturated rings. The first-order valence-electron chi connectivity index (χ1n) is 6.84. The number of rotatable bonds is 5. The molecule has 0 saturated carbocycles. The number of benzene rings is 1. The van der Waals surface area contributed by atoms with E-state index in [0.717, 1.165) is 30.1 Å². The molecule has 0 saturated heterocycles. The van der Waals surface area contributed by atoms with Crippen molar-refractivity contribution in [1.29, 1.82) is 0 Å². The van der Waals surface area contributed by atoms with Gasteiger partial charge in [-0.05, 0) is 29.5 Å². The Balaban J connectivity index is 1.57. The van der Waals surface area contributed by atoms with Crippen molar-refractivity contribution < 1.29 is 4.74 Å². The molecule has 0 atom stereocenters. The average Bonchev–Trinajstić information content (AvgIpc) is 3.03. The van der Waals surface area contributed by atoms with Gasteiger partial charge in [0.2, 0.25) is 0 Å². The third-order valence-electron chi connectivity index (χ3n) is 3.30. The summed E-state index contributed by atoms with van der Waals surface area (Å²) in [6.45, 7) is 1.40. The van der Waals surface area contributed by atoms with E-state index in [9.17, 15) is 0 Å². The Hall–Kier alpha value is -2.63. The molecular weight excluding hydrogens is 266 g/mol. The zero-order valence-electron chi connectivity index (χ0n) is 11.9. The van der Waals surface area contributed by atoms with E-state index >= 15 is 0 Å². The third-order valence-corrected chi connectivity index (χ3v) is 3.30. The Morgan fingerprint density at radius 3 is 2.76 bits per heavy atom. The Morgan fingerprint density at radius 2 is 1.95 bits per heavy atom. The lowest BCUT2D eigenvalue weighted by atomic mass is 10.2. The van der Waals surface area contributed by atoms with E-state index in [2.05, 4.69) is 15.4 Å². The van der Waals surface area contributed by atoms with E-state index in [-0.39, 0.29) is 0 Å². The van der Waals surface area contributed by atoms with Gasteiger partial charge in [-0.3, -0.25) is 9.99 Å². The van der Waals surface area contributed by atoms with Gasteiger partial charge in [-0.1, -0.05) is 23.4 Å². The summed E-state index contributed by atoms with van der Waals surface area (Å²) in [5, 5.41) is 12.1. The van der Waals surface area contributed by atoms with Gasteiger partial charge in [0.05, 0.1) is 18.5 Å². The first-order valence-corrected chi connectivity index (χ1v) is 6.84. The Labute approximate surface area is 123 Å². The monoisotopic (exact) mass is 283 g/mol. The van der Waals surface area contributed by atoms with Gasteiger partial charge in [0, 0.05) is 19.2 Å². The van der Waals surface area contributed by atoms with Gasteiger partial charge in [-0.25, -0.2) is 5.01 Å². The summed E-state index contributed by atoms with van der Waals surface area (Å²) in [6, 6.07) is 13.8. The summed E-state index contributed by atoms with van der Waals surface area (Å²) in [6.07, 6.45) is 2.55. The fourth-order valence-electron chi connectivity index (χ4n) is 2.20. The van der Waals surface area contributed by atoms with Crippen LogP contribution in [0.5, 0.6) is 5.75 Å². The zero-order chi connectivity index (χ0) is 14.5. The summed E-state index contributed by atoms with van der Waals surface area (Å²) in [5.41, 5.74) is 1.98. The van der Waals surface area contributed by atoms with Crippen molar-refractivity contribution in [3.05, 3.63) is 54.4 Å². The van der Waals surface area contributed by atoms with E-state index < -0.39 is 0 Å². The smallest absolute Gasteiger partial charge is 0.140 e. The molecule has 3 rings (SSSR count). The maximum absolute atomic E-state index is 5.31. The predicted octanol–water partition coefficient (Wildman–Crippen LogP) is 2.69. The summed E-state index contributed by atoms with van der Waals surface area (Å²) >= 11 is 0. The number of para-hydroxylation sites is 1. The fraction of sp³-hybridized carbons (Fsp3) is 0.267. The first-order chi connectivity index (χ1) is 10.4. The van der Waals surface area contributed by atoms with Crippen LogP contribution in [0.2, 0.25) is 0 Å². The Bertz CT molecular complexity index is 616. The van der Waals surface area contributed by atoms with Crippen molar-refractivity contribution in [3.8, 4) is 5.75 Å². The number of anilines is 1. The van der Waals surface area contributed by atoms with Crippen molar-refractivity contribution in [1.82, 2.24) is 9.99 Å². The van der Waals surface area contributed by atoms with Crippen molar-refractivity contribution >= 4 is 5.69 Å². The molecule has 0 aliphatic carbocycles. The number of nitrogens with zero attached hydrogens (tertiary/aromatic N) is 5. The normalized spacial score (nSPS) is 13.8. The highest BCUT2D eigenvalue weighted by Gasteiger charge is 2.17. The number of hydrogen-bond donors (Lipinski definition) is 0. The average molecular weight is 283 g/mol. The molecule has 21 heavy (non-hydrogen) atoms. The van der Waals surface area contributed by atoms with E-state index in [0.29, 0.717) is 6.67 Å². The molecular formula is C15H17N5O. The molecule has 0 radical (unpaired) electrons. The molecule has 0 N–H and O–H groups in total. The van der Waals surface area contributed by atoms with Gasteiger partial charge in [0.15, 0.2) is 0 Å². The highest BCUT2D eigenvalue weighted by atomic mass is 16.5. The fourth-order valence-corrected chi connectivity index (χ4v) is 2.20. The van der Waals surface area contributed by atoms with Crippen LogP contribution in [0.4, 0.5) is 5.69 Å². The molecule has 6 nitrogen and oxygen atoms in total. The van der Waals surface area contributed by atoms with Crippen LogP contribution in [-0.2, 0) is 6.42 Å². The van der Waals surface area contributed by atoms with Crippen LogP contribution >= 0.6 is 0 Å². The molecule has 1 aliphatic heterocycles. The topological polar surface area (TPSA) is 53.3 Å². The van der Waals surface area contributed by atoms with Crippen molar-refractivity contribution in [3.63, 3.8) is 0 Å². The number of methoxy groups -OCH3 is 1. The Kier molecular flexibility index (Phi) is 3.95. The molecule has 0 spiro atoms. The van der Waals surface area contributed by atoms with E-state index in [4.69, 9.17) is 4.74 Å². The molecule has 1 aromatic heterocycles. The number of hydrogen-bond acceptors (Lipinski definition) is 6. The molecule has 0 unspecified atom stereocenters. The molecule has 6 heteroatoms. The largest absolute Gasteiger partial charge is 0.495 e. The number of aromatic nitrogens is 1. The minimum absolute atomic E-state index is 0.652. The molecule has 2 heterocycles. The lowest BCUT2D eigenvalue weighted by molar-refractivity contribution is 0.315. The van der Waals surface area contributed by atoms with Gasteiger partial charge in [0.1, 0.15) is 12.4 Å². The second-order valence-electron chi connectivity index (χ2n) is 4.69. The van der Waals surface area contributed by atoms with Gasteiger partial charge in [0.25, 0.3) is 0 Å². The highest BCUT2D eigenvalue weighted by Crippen LogP contribution is 2.20. The SMILES string of the molecule is COc1cccnc1CCN1CN(c2ccccc2)N=N1. The quantitative estimate of drug-likeness (QED) is 0.846. The van der Waals surface area contributed by atoms with Crippen LogP contribution in [0.1, 0.15) is 5.69 Å². The second-order valence-corrected chi connectivity index (χ2v) is 4.69. The molecule has 1 aromatic carbocycles. The van der Waals surface area contributed by atoms with E-state index in [1.54, 1.807) is 13.3 Å². The second kappa shape index (κ2) is 6.21. The zero-order valence-corrected chi connectivity index (χ0v) is 11.9. The Morgan fingerprint density at radius 1 is 1.10 bits per heavy atom. The van der Waals surface area contributed by atoms with Crippen molar-refractivity contribution in [2.75, 3.05) is 25.3 Å². The summed E-state index contributed by atoms with van der Waals surface area (Å²) in [7, 11) is 1.66. The lowest BCUT2D eigenvalue weighted by Crippen LogP contribution is -2.26. The maximum atomic E-state index is 5.31. The number of ether oxygens (including phenoxy) is 1. The van der Waals surface area contributed by atoms with Crippen LogP contribution in [0.25, 0.3) is 0 Å². The van der Waals surface area contributed by atoms with Crippen LogP contribution in [0, 0.1) is 0 Å². The highest BCUT2D eigenvalue weighted by molar-refractivity contribution is 5.44. The third kappa shape index (κ3) is 3.10. The van der Waals surface area contributed by atoms with Crippen LogP contribution in [-0.4, -0.2) is 30.3 Å². The molecule has 0 bridgehead atoms. The minimum Gasteiger partial charge on any atom is -0.495 e. The van der Waals surface area contributed by atoms with Gasteiger partial charge in [-0.15, -0.1) is 0 Å². The van der Waals surface area contributed by atoms with Crippen LogP contribution in [0.3, 0.4) is 0 Å². The number of pyridine rings is 1. The maximum Gasteiger partial charge on any atom is 0.140 e. The van der Waals surface area contributed by atoms with E-state index in [1.807, 2.05) is 52.5 Å². The van der Waals surface area contributed by atoms with E-state index in [1.165, 1.54) is 0 Å². The molecule has 1 aliphatic rings.